The molecule has 1 aliphatic heterocycles. The van der Waals surface area contributed by atoms with Gasteiger partial charge in [0, 0.05) is 30.6 Å². The molecule has 0 aromatic carbocycles. The Kier molecular flexibility index (Phi) is 4.75. The van der Waals surface area contributed by atoms with Gasteiger partial charge in [0.2, 0.25) is 5.91 Å². The van der Waals surface area contributed by atoms with Crippen LogP contribution in [0.3, 0.4) is 0 Å². The van der Waals surface area contributed by atoms with Crippen molar-refractivity contribution < 1.29 is 4.79 Å². The van der Waals surface area contributed by atoms with Gasteiger partial charge in [-0.15, -0.1) is 11.3 Å². The Labute approximate surface area is 163 Å². The molecular weight excluding hydrogens is 360 g/mol. The summed E-state index contributed by atoms with van der Waals surface area (Å²) in [5.74, 6) is 3.03. The highest BCUT2D eigenvalue weighted by atomic mass is 32.1. The van der Waals surface area contributed by atoms with Crippen LogP contribution in [0.2, 0.25) is 0 Å². The van der Waals surface area contributed by atoms with Crippen molar-refractivity contribution >= 4 is 22.1 Å². The van der Waals surface area contributed by atoms with Gasteiger partial charge in [0.05, 0.1) is 18.2 Å². The summed E-state index contributed by atoms with van der Waals surface area (Å²) < 4.78 is 3.99. The molecule has 8 heteroatoms. The number of rotatable bonds is 4. The summed E-state index contributed by atoms with van der Waals surface area (Å²) in [7, 11) is 0. The SMILES string of the molecule is Cc1nc(C)n(C[C@H](C)C(=O)N2CCC[C@H](c3nc(C)n4ccsc34)C2)n1. The molecule has 27 heavy (non-hydrogen) atoms. The minimum Gasteiger partial charge on any atom is -0.342 e. The summed E-state index contributed by atoms with van der Waals surface area (Å²) in [6, 6.07) is 0. The summed E-state index contributed by atoms with van der Waals surface area (Å²) in [6.45, 7) is 9.99. The van der Waals surface area contributed by atoms with E-state index in [4.69, 9.17) is 4.98 Å². The fourth-order valence-corrected chi connectivity index (χ4v) is 5.00. The first-order valence-corrected chi connectivity index (χ1v) is 10.4. The van der Waals surface area contributed by atoms with Crippen LogP contribution in [0, 0.1) is 26.7 Å². The van der Waals surface area contributed by atoms with E-state index >= 15 is 0 Å². The fraction of sp³-hybridized carbons (Fsp3) is 0.579. The maximum atomic E-state index is 13.1. The maximum absolute atomic E-state index is 13.1. The molecule has 0 bridgehead atoms. The van der Waals surface area contributed by atoms with Crippen molar-refractivity contribution in [1.29, 1.82) is 0 Å². The minimum absolute atomic E-state index is 0.117. The van der Waals surface area contributed by atoms with Crippen molar-refractivity contribution in [3.8, 4) is 0 Å². The Morgan fingerprint density at radius 1 is 1.30 bits per heavy atom. The van der Waals surface area contributed by atoms with Crippen molar-refractivity contribution in [2.75, 3.05) is 13.1 Å². The average Bonchev–Trinajstić information content (AvgIpc) is 3.32. The molecule has 1 saturated heterocycles. The van der Waals surface area contributed by atoms with Crippen LogP contribution >= 0.6 is 11.3 Å². The second-order valence-corrected chi connectivity index (χ2v) is 8.43. The number of amides is 1. The fourth-order valence-electron chi connectivity index (χ4n) is 4.04. The molecule has 4 rings (SSSR count). The van der Waals surface area contributed by atoms with Gasteiger partial charge in [0.15, 0.2) is 0 Å². The van der Waals surface area contributed by atoms with Gasteiger partial charge in [-0.1, -0.05) is 6.92 Å². The van der Waals surface area contributed by atoms with Crippen LogP contribution < -0.4 is 0 Å². The third kappa shape index (κ3) is 3.38. The van der Waals surface area contributed by atoms with E-state index in [1.54, 1.807) is 11.3 Å². The number of aryl methyl sites for hydroxylation is 3. The molecule has 3 aromatic rings. The first-order valence-electron chi connectivity index (χ1n) is 9.53. The first-order chi connectivity index (χ1) is 12.9. The molecule has 2 atom stereocenters. The monoisotopic (exact) mass is 386 g/mol. The first kappa shape index (κ1) is 18.2. The lowest BCUT2D eigenvalue weighted by Crippen LogP contribution is -2.42. The van der Waals surface area contributed by atoms with Crippen LogP contribution in [0.1, 0.15) is 48.9 Å². The molecule has 7 nitrogen and oxygen atoms in total. The standard InChI is InChI=1S/C19H26N6OS/c1-12(10-25-15(4)20-13(2)22-25)18(26)23-7-5-6-16(11-23)17-19-24(8-9-27-19)14(3)21-17/h8-9,12,16H,5-7,10-11H2,1-4H3/t12-,16-/m0/s1. The molecular formula is C19H26N6OS. The zero-order valence-electron chi connectivity index (χ0n) is 16.3. The van der Waals surface area contributed by atoms with E-state index in [2.05, 4.69) is 26.1 Å². The molecule has 3 aromatic heterocycles. The van der Waals surface area contributed by atoms with E-state index in [1.807, 2.05) is 37.3 Å². The van der Waals surface area contributed by atoms with E-state index < -0.39 is 0 Å². The van der Waals surface area contributed by atoms with Crippen molar-refractivity contribution in [1.82, 2.24) is 29.0 Å². The lowest BCUT2D eigenvalue weighted by atomic mass is 9.94. The largest absolute Gasteiger partial charge is 0.342 e. The van der Waals surface area contributed by atoms with Gasteiger partial charge in [0.25, 0.3) is 0 Å². The number of carbonyl (C=O) groups excluding carboxylic acids is 1. The third-order valence-corrected chi connectivity index (χ3v) is 6.30. The van der Waals surface area contributed by atoms with Gasteiger partial charge in [-0.3, -0.25) is 9.20 Å². The second-order valence-electron chi connectivity index (χ2n) is 7.54. The number of aromatic nitrogens is 5. The van der Waals surface area contributed by atoms with Crippen LogP contribution in [0.4, 0.5) is 0 Å². The Morgan fingerprint density at radius 2 is 2.11 bits per heavy atom. The number of thiazole rings is 1. The normalized spacial score (nSPS) is 19.0. The lowest BCUT2D eigenvalue weighted by Gasteiger charge is -2.33. The predicted octanol–water partition coefficient (Wildman–Crippen LogP) is 2.95. The van der Waals surface area contributed by atoms with Crippen molar-refractivity contribution in [3.05, 3.63) is 34.7 Å². The van der Waals surface area contributed by atoms with Crippen molar-refractivity contribution in [2.24, 2.45) is 5.92 Å². The number of imidazole rings is 1. The van der Waals surface area contributed by atoms with Crippen LogP contribution in [-0.2, 0) is 11.3 Å². The summed E-state index contributed by atoms with van der Waals surface area (Å²) in [5.41, 5.74) is 1.15. The lowest BCUT2D eigenvalue weighted by molar-refractivity contribution is -0.136. The van der Waals surface area contributed by atoms with Crippen LogP contribution in [-0.4, -0.2) is 48.0 Å². The van der Waals surface area contributed by atoms with Gasteiger partial charge in [0.1, 0.15) is 22.3 Å². The molecule has 0 N–H and O–H groups in total. The van der Waals surface area contributed by atoms with E-state index in [0.717, 1.165) is 49.1 Å². The second kappa shape index (κ2) is 7.07. The zero-order chi connectivity index (χ0) is 19.1. The van der Waals surface area contributed by atoms with Crippen LogP contribution in [0.15, 0.2) is 11.6 Å². The number of nitrogens with zero attached hydrogens (tertiary/aromatic N) is 6. The van der Waals surface area contributed by atoms with Crippen molar-refractivity contribution in [2.45, 2.75) is 53.0 Å². The number of piperidine rings is 1. The average molecular weight is 387 g/mol. The molecule has 0 spiro atoms. The summed E-state index contributed by atoms with van der Waals surface area (Å²) in [6.07, 6.45) is 4.18. The van der Waals surface area contributed by atoms with Gasteiger partial charge >= 0.3 is 0 Å². The molecule has 1 aliphatic rings. The van der Waals surface area contributed by atoms with E-state index in [0.29, 0.717) is 12.5 Å². The Bertz CT molecular complexity index is 970. The van der Waals surface area contributed by atoms with Gasteiger partial charge in [-0.05, 0) is 33.6 Å². The van der Waals surface area contributed by atoms with E-state index in [-0.39, 0.29) is 11.8 Å². The number of fused-ring (bicyclic) bond motifs is 1. The van der Waals surface area contributed by atoms with E-state index in [1.165, 1.54) is 4.83 Å². The topological polar surface area (TPSA) is 68.3 Å². The van der Waals surface area contributed by atoms with Gasteiger partial charge in [-0.2, -0.15) is 5.10 Å². The maximum Gasteiger partial charge on any atom is 0.227 e. The molecule has 0 aliphatic carbocycles. The Morgan fingerprint density at radius 3 is 2.85 bits per heavy atom. The van der Waals surface area contributed by atoms with Crippen LogP contribution in [0.25, 0.3) is 4.83 Å². The summed E-state index contributed by atoms with van der Waals surface area (Å²) in [5, 5.41) is 6.50. The van der Waals surface area contributed by atoms with Crippen LogP contribution in [0.5, 0.6) is 0 Å². The highest BCUT2D eigenvalue weighted by Gasteiger charge is 2.30. The molecule has 0 unspecified atom stereocenters. The third-order valence-electron chi connectivity index (χ3n) is 5.41. The van der Waals surface area contributed by atoms with Gasteiger partial charge in [-0.25, -0.2) is 14.6 Å². The Balaban J connectivity index is 1.48. The number of hydrogen-bond donors (Lipinski definition) is 0. The van der Waals surface area contributed by atoms with Crippen molar-refractivity contribution in [3.63, 3.8) is 0 Å². The van der Waals surface area contributed by atoms with Gasteiger partial charge < -0.3 is 4.90 Å². The minimum atomic E-state index is -0.117. The molecule has 4 heterocycles. The number of carbonyl (C=O) groups is 1. The number of likely N-dealkylation sites (tertiary alicyclic amines) is 1. The summed E-state index contributed by atoms with van der Waals surface area (Å²) in [4.78, 5) is 25.4. The summed E-state index contributed by atoms with van der Waals surface area (Å²) >= 11 is 1.73. The zero-order valence-corrected chi connectivity index (χ0v) is 17.2. The number of hydrogen-bond acceptors (Lipinski definition) is 5. The van der Waals surface area contributed by atoms with E-state index in [9.17, 15) is 4.79 Å². The quantitative estimate of drug-likeness (QED) is 0.691. The smallest absolute Gasteiger partial charge is 0.227 e. The molecule has 0 radical (unpaired) electrons. The molecule has 1 fully saturated rings. The highest BCUT2D eigenvalue weighted by molar-refractivity contribution is 7.15. The molecule has 144 valence electrons. The molecule has 1 amide bonds. The molecule has 0 saturated carbocycles. The predicted molar refractivity (Wildman–Crippen MR) is 105 cm³/mol. The highest BCUT2D eigenvalue weighted by Crippen LogP contribution is 2.32. The Hall–Kier alpha value is -2.22.